The normalized spacial score (nSPS) is 11.5. The molecule has 1 aromatic carbocycles. The van der Waals surface area contributed by atoms with Crippen LogP contribution in [-0.4, -0.2) is 26.9 Å². The highest BCUT2D eigenvalue weighted by molar-refractivity contribution is 8.00. The molecule has 24 heavy (non-hydrogen) atoms. The molecule has 2 aromatic heterocycles. The average molecular weight is 355 g/mol. The number of aromatic nitrogens is 4. The van der Waals surface area contributed by atoms with Crippen molar-refractivity contribution in [2.75, 3.05) is 6.26 Å². The van der Waals surface area contributed by atoms with Gasteiger partial charge in [-0.05, 0) is 28.0 Å². The van der Waals surface area contributed by atoms with Crippen LogP contribution in [0, 0.1) is 11.3 Å². The Morgan fingerprint density at radius 3 is 2.42 bits per heavy atom. The predicted octanol–water partition coefficient (Wildman–Crippen LogP) is 4.49. The first-order valence-electron chi connectivity index (χ1n) is 7.41. The number of nitrogens with zero attached hydrogens (tertiary/aromatic N) is 4. The lowest BCUT2D eigenvalue weighted by atomic mass is 9.86. The van der Waals surface area contributed by atoms with Gasteiger partial charge in [0.15, 0.2) is 0 Å². The second-order valence-electron chi connectivity index (χ2n) is 6.35. The van der Waals surface area contributed by atoms with Crippen molar-refractivity contribution in [3.05, 3.63) is 35.4 Å². The van der Waals surface area contributed by atoms with Crippen LogP contribution in [0.4, 0.5) is 0 Å². The van der Waals surface area contributed by atoms with Crippen LogP contribution in [0.1, 0.15) is 31.9 Å². The quantitative estimate of drug-likeness (QED) is 0.701. The topological polar surface area (TPSA) is 78.2 Å². The minimum absolute atomic E-state index is 0.0894. The maximum Gasteiger partial charge on any atom is 0.215 e. The summed E-state index contributed by atoms with van der Waals surface area (Å²) in [4.78, 5) is 0.869. The fourth-order valence-corrected chi connectivity index (χ4v) is 4.35. The Hall–Kier alpha value is -2.17. The Labute approximate surface area is 149 Å². The minimum Gasteiger partial charge on any atom is -0.192 e. The van der Waals surface area contributed by atoms with Gasteiger partial charge in [-0.25, -0.2) is 0 Å². The highest BCUT2D eigenvalue weighted by Crippen LogP contribution is 2.45. The highest BCUT2D eigenvalue weighted by atomic mass is 32.2. The average Bonchev–Trinajstić information content (AvgIpc) is 3.20. The number of nitrogens with one attached hydrogen (secondary N) is 1. The number of thioether (sulfide) groups is 1. The maximum atomic E-state index is 9.67. The Morgan fingerprint density at radius 2 is 1.92 bits per heavy atom. The molecule has 1 N–H and O–H groups in total. The molecule has 0 aliphatic carbocycles. The van der Waals surface area contributed by atoms with E-state index < -0.39 is 0 Å². The van der Waals surface area contributed by atoms with Gasteiger partial charge in [0.1, 0.15) is 6.07 Å². The second kappa shape index (κ2) is 6.38. The molecule has 0 radical (unpaired) electrons. The molecule has 0 bridgehead atoms. The Morgan fingerprint density at radius 1 is 1.21 bits per heavy atom. The number of hydrogen-bond donors (Lipinski definition) is 1. The summed E-state index contributed by atoms with van der Waals surface area (Å²) in [6.07, 6.45) is 1.97. The van der Waals surface area contributed by atoms with E-state index in [1.54, 1.807) is 11.8 Å². The van der Waals surface area contributed by atoms with Crippen LogP contribution in [0.2, 0.25) is 0 Å². The fraction of sp³-hybridized carbons (Fsp3) is 0.294. The number of H-pyrrole nitrogens is 1. The lowest BCUT2D eigenvalue weighted by Crippen LogP contribution is -2.10. The van der Waals surface area contributed by atoms with Crippen LogP contribution in [0.5, 0.6) is 0 Å². The zero-order valence-corrected chi connectivity index (χ0v) is 15.5. The summed E-state index contributed by atoms with van der Waals surface area (Å²) in [6.45, 7) is 6.55. The van der Waals surface area contributed by atoms with Crippen molar-refractivity contribution in [3.63, 3.8) is 0 Å². The van der Waals surface area contributed by atoms with Gasteiger partial charge in [0.2, 0.25) is 5.82 Å². The number of tetrazole rings is 1. The molecule has 0 spiro atoms. The van der Waals surface area contributed by atoms with Crippen molar-refractivity contribution in [2.45, 2.75) is 30.4 Å². The maximum absolute atomic E-state index is 9.67. The van der Waals surface area contributed by atoms with Crippen LogP contribution in [0.15, 0.2) is 28.5 Å². The van der Waals surface area contributed by atoms with Crippen LogP contribution in [0.25, 0.3) is 21.8 Å². The Kier molecular flexibility index (Phi) is 4.43. The monoisotopic (exact) mass is 355 g/mol. The zero-order chi connectivity index (χ0) is 17.3. The van der Waals surface area contributed by atoms with E-state index in [1.807, 2.05) is 6.26 Å². The molecule has 2 heterocycles. The molecule has 0 unspecified atom stereocenters. The van der Waals surface area contributed by atoms with E-state index in [1.165, 1.54) is 16.9 Å². The molecular weight excluding hydrogens is 338 g/mol. The van der Waals surface area contributed by atoms with Gasteiger partial charge >= 0.3 is 0 Å². The summed E-state index contributed by atoms with van der Waals surface area (Å²) >= 11 is 3.09. The molecule has 0 saturated heterocycles. The number of aromatic amines is 1. The van der Waals surface area contributed by atoms with E-state index in [0.29, 0.717) is 11.4 Å². The standard InChI is InChI=1S/C17H17N5S2/c1-17(2,3)11-7-5-10(6-8-11)13-12(9-18)16(23-4)24-14(13)15-19-21-22-20-15/h5-8H,1-4H3,(H,19,20,21,22). The van der Waals surface area contributed by atoms with Crippen LogP contribution < -0.4 is 0 Å². The molecule has 0 atom stereocenters. The first-order valence-corrected chi connectivity index (χ1v) is 9.45. The summed E-state index contributed by atoms with van der Waals surface area (Å²) < 4.78 is 0.965. The van der Waals surface area contributed by atoms with Gasteiger partial charge in [0.25, 0.3) is 0 Å². The van der Waals surface area contributed by atoms with Crippen LogP contribution >= 0.6 is 23.1 Å². The molecule has 0 aliphatic heterocycles. The van der Waals surface area contributed by atoms with Crippen molar-refractivity contribution in [1.29, 1.82) is 5.26 Å². The smallest absolute Gasteiger partial charge is 0.192 e. The van der Waals surface area contributed by atoms with Crippen LogP contribution in [-0.2, 0) is 5.41 Å². The number of thiophene rings is 1. The van der Waals surface area contributed by atoms with Gasteiger partial charge in [0.05, 0.1) is 14.6 Å². The third-order valence-corrected chi connectivity index (χ3v) is 6.07. The number of benzene rings is 1. The van der Waals surface area contributed by atoms with Crippen molar-refractivity contribution >= 4 is 23.1 Å². The summed E-state index contributed by atoms with van der Waals surface area (Å²) in [6, 6.07) is 10.7. The van der Waals surface area contributed by atoms with E-state index in [-0.39, 0.29) is 5.41 Å². The fourth-order valence-electron chi connectivity index (χ4n) is 2.48. The third kappa shape index (κ3) is 2.95. The molecule has 122 valence electrons. The molecule has 3 rings (SSSR count). The molecule has 5 nitrogen and oxygen atoms in total. The first kappa shape index (κ1) is 16.7. The Bertz CT molecular complexity index is 881. The van der Waals surface area contributed by atoms with E-state index in [9.17, 15) is 5.26 Å². The zero-order valence-electron chi connectivity index (χ0n) is 13.9. The summed E-state index contributed by atoms with van der Waals surface area (Å²) in [5.74, 6) is 0.520. The van der Waals surface area contributed by atoms with E-state index in [2.05, 4.69) is 71.7 Å². The summed E-state index contributed by atoms with van der Waals surface area (Å²) in [5.41, 5.74) is 3.90. The van der Waals surface area contributed by atoms with Gasteiger partial charge in [-0.3, -0.25) is 0 Å². The van der Waals surface area contributed by atoms with E-state index in [0.717, 1.165) is 20.2 Å². The van der Waals surface area contributed by atoms with Gasteiger partial charge in [-0.15, -0.1) is 33.3 Å². The van der Waals surface area contributed by atoms with Gasteiger partial charge in [-0.2, -0.15) is 10.5 Å². The summed E-state index contributed by atoms with van der Waals surface area (Å²) in [5, 5.41) is 24.0. The molecule has 0 saturated carbocycles. The first-order chi connectivity index (χ1) is 11.5. The highest BCUT2D eigenvalue weighted by Gasteiger charge is 2.23. The van der Waals surface area contributed by atoms with Crippen LogP contribution in [0.3, 0.4) is 0 Å². The molecule has 7 heteroatoms. The second-order valence-corrected chi connectivity index (χ2v) is 8.44. The van der Waals surface area contributed by atoms with Crippen molar-refractivity contribution < 1.29 is 0 Å². The van der Waals surface area contributed by atoms with Crippen molar-refractivity contribution in [3.8, 4) is 27.9 Å². The number of hydrogen-bond acceptors (Lipinski definition) is 6. The minimum atomic E-state index is 0.0894. The molecular formula is C17H17N5S2. The van der Waals surface area contributed by atoms with Crippen molar-refractivity contribution in [2.24, 2.45) is 0 Å². The SMILES string of the molecule is CSc1sc(-c2nn[nH]n2)c(-c2ccc(C(C)(C)C)cc2)c1C#N. The molecule has 3 aromatic rings. The van der Waals surface area contributed by atoms with Gasteiger partial charge in [0, 0.05) is 5.56 Å². The lowest BCUT2D eigenvalue weighted by Gasteiger charge is -2.19. The third-order valence-electron chi connectivity index (χ3n) is 3.76. The molecule has 0 fully saturated rings. The largest absolute Gasteiger partial charge is 0.215 e. The lowest BCUT2D eigenvalue weighted by molar-refractivity contribution is 0.590. The number of nitriles is 1. The molecule has 0 amide bonds. The van der Waals surface area contributed by atoms with Gasteiger partial charge in [-0.1, -0.05) is 45.0 Å². The van der Waals surface area contributed by atoms with Crippen molar-refractivity contribution in [1.82, 2.24) is 20.6 Å². The predicted molar refractivity (Wildman–Crippen MR) is 98.1 cm³/mol. The molecule has 0 aliphatic rings. The summed E-state index contributed by atoms with van der Waals surface area (Å²) in [7, 11) is 0. The van der Waals surface area contributed by atoms with E-state index in [4.69, 9.17) is 0 Å². The van der Waals surface area contributed by atoms with E-state index >= 15 is 0 Å². The number of rotatable bonds is 3. The Balaban J connectivity index is 2.20. The van der Waals surface area contributed by atoms with Gasteiger partial charge < -0.3 is 0 Å².